The monoisotopic (exact) mass is 807 g/mol. The average molecular weight is 807 g/mol. The zero-order valence-corrected chi connectivity index (χ0v) is 38.6. The molecule has 0 spiro atoms. The van der Waals surface area contributed by atoms with Crippen LogP contribution in [-0.4, -0.2) is 83.3 Å². The van der Waals surface area contributed by atoms with Gasteiger partial charge in [0.1, 0.15) is 23.3 Å². The van der Waals surface area contributed by atoms with E-state index in [0.29, 0.717) is 38.8 Å². The Bertz CT molecular complexity index is 1090. The van der Waals surface area contributed by atoms with Gasteiger partial charge in [0.25, 0.3) is 0 Å². The van der Waals surface area contributed by atoms with Gasteiger partial charge in [-0.1, -0.05) is 143 Å². The van der Waals surface area contributed by atoms with E-state index in [1.807, 2.05) is 20.8 Å². The van der Waals surface area contributed by atoms with Gasteiger partial charge < -0.3 is 29.9 Å². The maximum absolute atomic E-state index is 14.5. The fourth-order valence-electron chi connectivity index (χ4n) is 7.71. The molecule has 1 rings (SSSR count). The molecule has 0 aromatic rings. The molecule has 10 nitrogen and oxygen atoms in total. The minimum Gasteiger partial charge on any atom is -0.444 e. The van der Waals surface area contributed by atoms with Crippen LogP contribution in [0.2, 0.25) is 0 Å². The fourth-order valence-corrected chi connectivity index (χ4v) is 7.71. The molecule has 334 valence electrons. The van der Waals surface area contributed by atoms with Crippen LogP contribution in [0.3, 0.4) is 0 Å². The van der Waals surface area contributed by atoms with Crippen LogP contribution in [0.15, 0.2) is 0 Å². The van der Waals surface area contributed by atoms with Crippen LogP contribution in [0.5, 0.6) is 0 Å². The number of ether oxygens (including phenoxy) is 2. The van der Waals surface area contributed by atoms with Crippen LogP contribution in [0.1, 0.15) is 223 Å². The highest BCUT2D eigenvalue weighted by atomic mass is 16.6. The standard InChI is InChI=1S/C47H90N4O6/c1-10-12-14-16-18-20-22-24-26-28-32-36-50(35-31-27-25-23-21-19-17-15-13-11-2)43(53)41-37-39(3)38-51(41)42(52)40(49-45(55)57-47(7,8)9)33-29-30-34-48-44(54)56-46(4,5)6/h39-41H,10-38H2,1-9H3,(H,48,54)(H,49,55)/t39-,40+,41-/m0/s1. The van der Waals surface area contributed by atoms with Crippen molar-refractivity contribution in [2.75, 3.05) is 26.2 Å². The molecule has 1 fully saturated rings. The number of unbranched alkanes of at least 4 members (excludes halogenated alkanes) is 20. The molecule has 3 atom stereocenters. The highest BCUT2D eigenvalue weighted by Gasteiger charge is 2.42. The van der Waals surface area contributed by atoms with Gasteiger partial charge in [0.15, 0.2) is 0 Å². The number of alkyl carbamates (subject to hydrolysis) is 2. The number of hydrogen-bond acceptors (Lipinski definition) is 6. The van der Waals surface area contributed by atoms with Gasteiger partial charge in [-0.25, -0.2) is 9.59 Å². The van der Waals surface area contributed by atoms with Crippen molar-refractivity contribution < 1.29 is 28.7 Å². The van der Waals surface area contributed by atoms with E-state index >= 15 is 0 Å². The molecule has 0 aromatic carbocycles. The van der Waals surface area contributed by atoms with Crippen molar-refractivity contribution >= 4 is 24.0 Å². The van der Waals surface area contributed by atoms with Gasteiger partial charge >= 0.3 is 12.2 Å². The number of nitrogens with one attached hydrogen (secondary N) is 2. The Balaban J connectivity index is 2.94. The van der Waals surface area contributed by atoms with Gasteiger partial charge in [0, 0.05) is 26.2 Å². The van der Waals surface area contributed by atoms with Gasteiger partial charge in [-0.15, -0.1) is 0 Å². The number of amides is 4. The van der Waals surface area contributed by atoms with Crippen molar-refractivity contribution in [3.05, 3.63) is 0 Å². The summed E-state index contributed by atoms with van der Waals surface area (Å²) in [6.45, 7) is 19.8. The molecule has 0 aromatic heterocycles. The van der Waals surface area contributed by atoms with Crippen molar-refractivity contribution in [3.8, 4) is 0 Å². The average Bonchev–Trinajstić information content (AvgIpc) is 3.52. The number of nitrogens with zero attached hydrogens (tertiary/aromatic N) is 2. The van der Waals surface area contributed by atoms with Gasteiger partial charge in [0.05, 0.1) is 0 Å². The molecule has 1 saturated heterocycles. The smallest absolute Gasteiger partial charge is 0.408 e. The second-order valence-electron chi connectivity index (χ2n) is 19.0. The van der Waals surface area contributed by atoms with Crippen LogP contribution >= 0.6 is 0 Å². The van der Waals surface area contributed by atoms with Crippen molar-refractivity contribution in [2.45, 2.75) is 246 Å². The molecular formula is C47H90N4O6. The number of hydrogen-bond donors (Lipinski definition) is 2. The summed E-state index contributed by atoms with van der Waals surface area (Å²) in [4.78, 5) is 57.7. The SMILES string of the molecule is CCCCCCCCCCCCCN(CCCCCCCCCCCC)C(=O)[C@@H]1C[C@H](C)CN1C(=O)[C@@H](CCCCNC(=O)OC(C)(C)C)NC(=O)OC(C)(C)C. The Morgan fingerprint density at radius 2 is 1.04 bits per heavy atom. The summed E-state index contributed by atoms with van der Waals surface area (Å²) in [7, 11) is 0. The van der Waals surface area contributed by atoms with E-state index in [-0.39, 0.29) is 17.7 Å². The molecule has 0 aliphatic carbocycles. The van der Waals surface area contributed by atoms with Crippen LogP contribution in [0, 0.1) is 5.92 Å². The van der Waals surface area contributed by atoms with Crippen LogP contribution in [-0.2, 0) is 19.1 Å². The lowest BCUT2D eigenvalue weighted by Crippen LogP contribution is -2.54. The second kappa shape index (κ2) is 30.5. The highest BCUT2D eigenvalue weighted by molar-refractivity contribution is 5.92. The maximum atomic E-state index is 14.5. The zero-order valence-electron chi connectivity index (χ0n) is 38.6. The predicted molar refractivity (Wildman–Crippen MR) is 235 cm³/mol. The molecule has 1 aliphatic rings. The third-order valence-electron chi connectivity index (χ3n) is 10.8. The quantitative estimate of drug-likeness (QED) is 0.0674. The third-order valence-corrected chi connectivity index (χ3v) is 10.8. The van der Waals surface area contributed by atoms with Gasteiger partial charge in [0.2, 0.25) is 11.8 Å². The first-order chi connectivity index (χ1) is 27.1. The van der Waals surface area contributed by atoms with E-state index < -0.39 is 35.5 Å². The molecule has 1 heterocycles. The Hall–Kier alpha value is -2.52. The molecule has 0 unspecified atom stereocenters. The summed E-state index contributed by atoms with van der Waals surface area (Å²) in [6.07, 6.45) is 27.4. The molecule has 1 aliphatic heterocycles. The minimum absolute atomic E-state index is 0.0493. The van der Waals surface area contributed by atoms with Gasteiger partial charge in [-0.3, -0.25) is 9.59 Å². The number of carbonyl (C=O) groups is 4. The normalized spacial score (nSPS) is 16.3. The minimum atomic E-state index is -0.843. The number of rotatable bonds is 31. The molecule has 10 heteroatoms. The van der Waals surface area contributed by atoms with E-state index in [0.717, 1.165) is 38.8 Å². The maximum Gasteiger partial charge on any atom is 0.408 e. The van der Waals surface area contributed by atoms with Crippen molar-refractivity contribution in [3.63, 3.8) is 0 Å². The molecule has 4 amide bonds. The molecule has 0 radical (unpaired) electrons. The summed E-state index contributed by atoms with van der Waals surface area (Å²) in [5, 5.41) is 5.62. The van der Waals surface area contributed by atoms with Crippen molar-refractivity contribution in [2.24, 2.45) is 5.92 Å². The first-order valence-electron chi connectivity index (χ1n) is 23.6. The summed E-state index contributed by atoms with van der Waals surface area (Å²) in [5.41, 5.74) is -1.31. The Morgan fingerprint density at radius 3 is 1.47 bits per heavy atom. The molecular weight excluding hydrogens is 717 g/mol. The van der Waals surface area contributed by atoms with Crippen LogP contribution < -0.4 is 10.6 Å². The van der Waals surface area contributed by atoms with Gasteiger partial charge in [-0.05, 0) is 86.0 Å². The van der Waals surface area contributed by atoms with Crippen LogP contribution in [0.4, 0.5) is 9.59 Å². The molecule has 0 bridgehead atoms. The molecule has 57 heavy (non-hydrogen) atoms. The lowest BCUT2D eigenvalue weighted by atomic mass is 10.0. The highest BCUT2D eigenvalue weighted by Crippen LogP contribution is 2.27. The van der Waals surface area contributed by atoms with Crippen molar-refractivity contribution in [1.82, 2.24) is 20.4 Å². The summed E-state index contributed by atoms with van der Waals surface area (Å²) < 4.78 is 10.9. The lowest BCUT2D eigenvalue weighted by Gasteiger charge is -2.33. The van der Waals surface area contributed by atoms with E-state index in [2.05, 4.69) is 36.3 Å². The topological polar surface area (TPSA) is 117 Å². The molecule has 2 N–H and O–H groups in total. The van der Waals surface area contributed by atoms with E-state index in [1.165, 1.54) is 109 Å². The number of likely N-dealkylation sites (tertiary alicyclic amines) is 1. The van der Waals surface area contributed by atoms with Crippen LogP contribution in [0.25, 0.3) is 0 Å². The van der Waals surface area contributed by atoms with E-state index in [9.17, 15) is 19.2 Å². The first kappa shape index (κ1) is 52.5. The zero-order chi connectivity index (χ0) is 42.5. The predicted octanol–water partition coefficient (Wildman–Crippen LogP) is 11.9. The second-order valence-corrected chi connectivity index (χ2v) is 19.0. The Kier molecular flexibility index (Phi) is 28.1. The van der Waals surface area contributed by atoms with Crippen molar-refractivity contribution in [1.29, 1.82) is 0 Å². The third kappa shape index (κ3) is 27.0. The summed E-state index contributed by atoms with van der Waals surface area (Å²) in [6, 6.07) is -1.39. The first-order valence-corrected chi connectivity index (χ1v) is 23.6. The molecule has 0 saturated carbocycles. The largest absolute Gasteiger partial charge is 0.444 e. The van der Waals surface area contributed by atoms with E-state index in [4.69, 9.17) is 9.47 Å². The van der Waals surface area contributed by atoms with Gasteiger partial charge in [-0.2, -0.15) is 0 Å². The Morgan fingerprint density at radius 1 is 0.614 bits per heavy atom. The summed E-state index contributed by atoms with van der Waals surface area (Å²) in [5.74, 6) is -0.0187. The summed E-state index contributed by atoms with van der Waals surface area (Å²) >= 11 is 0. The Labute approximate surface area is 350 Å². The number of carbonyl (C=O) groups excluding carboxylic acids is 4. The van der Waals surface area contributed by atoms with E-state index in [1.54, 1.807) is 25.7 Å². The lowest BCUT2D eigenvalue weighted by molar-refractivity contribution is -0.145. The fraction of sp³-hybridized carbons (Fsp3) is 0.915.